The van der Waals surface area contributed by atoms with Crippen LogP contribution in [0.4, 0.5) is 15.8 Å². The molecule has 0 aliphatic carbocycles. The molecule has 6 nitrogen and oxygen atoms in total. The van der Waals surface area contributed by atoms with E-state index in [1.807, 2.05) is 0 Å². The van der Waals surface area contributed by atoms with Crippen molar-refractivity contribution in [1.29, 1.82) is 0 Å². The summed E-state index contributed by atoms with van der Waals surface area (Å²) < 4.78 is 45.5. The Morgan fingerprint density at radius 2 is 1.75 bits per heavy atom. The third-order valence-electron chi connectivity index (χ3n) is 4.48. The maximum Gasteiger partial charge on any atom is 0.243 e. The summed E-state index contributed by atoms with van der Waals surface area (Å²) in [5.41, 5.74) is 1.15. The number of sulfonamides is 1. The lowest BCUT2D eigenvalue weighted by Crippen LogP contribution is -2.35. The number of thiocarbonyl (C=S) groups is 1. The van der Waals surface area contributed by atoms with Crippen molar-refractivity contribution >= 4 is 38.7 Å². The number of anilines is 2. The molecule has 2 aromatic rings. The summed E-state index contributed by atoms with van der Waals surface area (Å²) in [4.78, 5) is 0.189. The molecule has 1 heterocycles. The van der Waals surface area contributed by atoms with E-state index >= 15 is 0 Å². The van der Waals surface area contributed by atoms with Gasteiger partial charge in [-0.3, -0.25) is 0 Å². The quantitative estimate of drug-likeness (QED) is 0.713. The molecular weight excluding hydrogens is 401 g/mol. The highest BCUT2D eigenvalue weighted by Gasteiger charge is 2.26. The van der Waals surface area contributed by atoms with E-state index < -0.39 is 10.0 Å². The van der Waals surface area contributed by atoms with E-state index in [2.05, 4.69) is 10.6 Å². The lowest BCUT2D eigenvalue weighted by Gasteiger charge is -2.26. The fraction of sp³-hybridized carbons (Fsp3) is 0.316. The van der Waals surface area contributed by atoms with Crippen LogP contribution in [0.1, 0.15) is 19.3 Å². The minimum absolute atomic E-state index is 0.189. The van der Waals surface area contributed by atoms with Crippen LogP contribution in [0.2, 0.25) is 0 Å². The number of methoxy groups -OCH3 is 1. The van der Waals surface area contributed by atoms with Crippen molar-refractivity contribution in [3.05, 3.63) is 48.3 Å². The largest absolute Gasteiger partial charge is 0.495 e. The van der Waals surface area contributed by atoms with Crippen molar-refractivity contribution in [3.63, 3.8) is 0 Å². The average molecular weight is 424 g/mol. The number of rotatable bonds is 5. The molecular formula is C19H22FN3O3S2. The van der Waals surface area contributed by atoms with E-state index in [4.69, 9.17) is 17.0 Å². The lowest BCUT2D eigenvalue weighted by atomic mass is 10.2. The van der Waals surface area contributed by atoms with Gasteiger partial charge in [-0.2, -0.15) is 4.31 Å². The fourth-order valence-corrected chi connectivity index (χ4v) is 4.77. The second-order valence-electron chi connectivity index (χ2n) is 6.41. The number of ether oxygens (including phenoxy) is 1. The Morgan fingerprint density at radius 3 is 2.39 bits per heavy atom. The molecule has 0 unspecified atom stereocenters. The highest BCUT2D eigenvalue weighted by molar-refractivity contribution is 7.89. The van der Waals surface area contributed by atoms with Crippen molar-refractivity contribution < 1.29 is 17.5 Å². The van der Waals surface area contributed by atoms with E-state index in [9.17, 15) is 12.8 Å². The highest BCUT2D eigenvalue weighted by atomic mass is 32.2. The molecule has 0 amide bonds. The van der Waals surface area contributed by atoms with Gasteiger partial charge in [0.15, 0.2) is 5.11 Å². The molecule has 2 aromatic carbocycles. The van der Waals surface area contributed by atoms with E-state index in [1.165, 1.54) is 35.7 Å². The molecule has 1 aliphatic rings. The normalized spacial score (nSPS) is 15.1. The van der Waals surface area contributed by atoms with Gasteiger partial charge in [-0.15, -0.1) is 0 Å². The monoisotopic (exact) mass is 423 g/mol. The summed E-state index contributed by atoms with van der Waals surface area (Å²) in [5, 5.41) is 6.19. The fourth-order valence-electron chi connectivity index (χ4n) is 3.01. The number of nitrogens with one attached hydrogen (secondary N) is 2. The molecule has 0 aromatic heterocycles. The SMILES string of the molecule is COc1cc(S(=O)(=O)N2CCCCC2)ccc1NC(=S)Nc1ccc(F)cc1. The summed E-state index contributed by atoms with van der Waals surface area (Å²) in [6, 6.07) is 10.4. The van der Waals surface area contributed by atoms with Gasteiger partial charge in [0, 0.05) is 24.8 Å². The maximum atomic E-state index is 13.0. The van der Waals surface area contributed by atoms with Gasteiger partial charge in [0.2, 0.25) is 10.0 Å². The third-order valence-corrected chi connectivity index (χ3v) is 6.57. The molecule has 150 valence electrons. The van der Waals surface area contributed by atoms with Crippen LogP contribution in [0.15, 0.2) is 47.4 Å². The van der Waals surface area contributed by atoms with Gasteiger partial charge in [-0.25, -0.2) is 12.8 Å². The van der Waals surface area contributed by atoms with Gasteiger partial charge >= 0.3 is 0 Å². The predicted molar refractivity (Wildman–Crippen MR) is 112 cm³/mol. The molecule has 3 rings (SSSR count). The van der Waals surface area contributed by atoms with Crippen LogP contribution in [0.25, 0.3) is 0 Å². The zero-order valence-electron chi connectivity index (χ0n) is 15.4. The van der Waals surface area contributed by atoms with Crippen molar-refractivity contribution in [3.8, 4) is 5.75 Å². The molecule has 28 heavy (non-hydrogen) atoms. The molecule has 0 atom stereocenters. The molecule has 0 bridgehead atoms. The summed E-state index contributed by atoms with van der Waals surface area (Å²) in [6.07, 6.45) is 2.80. The Hall–Kier alpha value is -2.23. The maximum absolute atomic E-state index is 13.0. The molecule has 0 radical (unpaired) electrons. The van der Waals surface area contributed by atoms with Gasteiger partial charge in [-0.05, 0) is 61.5 Å². The van der Waals surface area contributed by atoms with Crippen LogP contribution in [-0.4, -0.2) is 38.0 Å². The smallest absolute Gasteiger partial charge is 0.243 e. The minimum Gasteiger partial charge on any atom is -0.495 e. The summed E-state index contributed by atoms with van der Waals surface area (Å²) in [7, 11) is -2.08. The van der Waals surface area contributed by atoms with Gasteiger partial charge in [0.25, 0.3) is 0 Å². The standard InChI is InChI=1S/C19H22FN3O3S2/c1-26-18-13-16(28(24,25)23-11-3-2-4-12-23)9-10-17(18)22-19(27)21-15-7-5-14(20)6-8-15/h5-10,13H,2-4,11-12H2,1H3,(H2,21,22,27). The first-order chi connectivity index (χ1) is 13.4. The van der Waals surface area contributed by atoms with Crippen molar-refractivity contribution in [2.24, 2.45) is 0 Å². The topological polar surface area (TPSA) is 70.7 Å². The number of hydrogen-bond acceptors (Lipinski definition) is 4. The summed E-state index contributed by atoms with van der Waals surface area (Å²) >= 11 is 5.27. The van der Waals surface area contributed by atoms with Crippen molar-refractivity contribution in [2.45, 2.75) is 24.2 Å². The van der Waals surface area contributed by atoms with E-state index in [1.54, 1.807) is 18.2 Å². The van der Waals surface area contributed by atoms with Gasteiger partial charge < -0.3 is 15.4 Å². The number of hydrogen-bond donors (Lipinski definition) is 2. The molecule has 2 N–H and O–H groups in total. The van der Waals surface area contributed by atoms with Crippen LogP contribution < -0.4 is 15.4 Å². The first-order valence-electron chi connectivity index (χ1n) is 8.92. The highest BCUT2D eigenvalue weighted by Crippen LogP contribution is 2.30. The first kappa shape index (κ1) is 20.5. The number of piperidine rings is 1. The molecule has 1 fully saturated rings. The Morgan fingerprint density at radius 1 is 1.07 bits per heavy atom. The zero-order chi connectivity index (χ0) is 20.1. The van der Waals surface area contributed by atoms with Gasteiger partial charge in [-0.1, -0.05) is 6.42 Å². The molecule has 9 heteroatoms. The second-order valence-corrected chi connectivity index (χ2v) is 8.76. The van der Waals surface area contributed by atoms with E-state index in [-0.39, 0.29) is 15.8 Å². The Bertz CT molecular complexity index is 943. The van der Waals surface area contributed by atoms with Crippen LogP contribution in [0.5, 0.6) is 5.75 Å². The number of benzene rings is 2. The first-order valence-corrected chi connectivity index (χ1v) is 10.8. The van der Waals surface area contributed by atoms with Gasteiger partial charge in [0.1, 0.15) is 11.6 Å². The van der Waals surface area contributed by atoms with Crippen LogP contribution >= 0.6 is 12.2 Å². The molecule has 1 saturated heterocycles. The second kappa shape index (κ2) is 8.85. The van der Waals surface area contributed by atoms with Crippen LogP contribution in [-0.2, 0) is 10.0 Å². The minimum atomic E-state index is -3.55. The predicted octanol–water partition coefficient (Wildman–Crippen LogP) is 3.82. The van der Waals surface area contributed by atoms with Crippen LogP contribution in [0.3, 0.4) is 0 Å². The Kier molecular flexibility index (Phi) is 6.48. The lowest BCUT2D eigenvalue weighted by molar-refractivity contribution is 0.346. The van der Waals surface area contributed by atoms with Gasteiger partial charge in [0.05, 0.1) is 17.7 Å². The molecule has 1 aliphatic heterocycles. The Balaban J connectivity index is 1.75. The Labute approximate surface area is 169 Å². The molecule has 0 spiro atoms. The van der Waals surface area contributed by atoms with Crippen molar-refractivity contribution in [2.75, 3.05) is 30.8 Å². The number of halogens is 1. The average Bonchev–Trinajstić information content (AvgIpc) is 2.70. The summed E-state index contributed by atoms with van der Waals surface area (Å²) in [5.74, 6) is 0.0259. The van der Waals surface area contributed by atoms with Crippen molar-refractivity contribution in [1.82, 2.24) is 4.31 Å². The molecule has 0 saturated carbocycles. The third kappa shape index (κ3) is 4.78. The summed E-state index contributed by atoms with van der Waals surface area (Å²) in [6.45, 7) is 1.08. The zero-order valence-corrected chi connectivity index (χ0v) is 17.1. The van der Waals surface area contributed by atoms with Crippen LogP contribution in [0, 0.1) is 5.82 Å². The van der Waals surface area contributed by atoms with E-state index in [0.29, 0.717) is 30.2 Å². The number of nitrogens with zero attached hydrogens (tertiary/aromatic N) is 1. The van der Waals surface area contributed by atoms with E-state index in [0.717, 1.165) is 19.3 Å².